The van der Waals surface area contributed by atoms with E-state index in [9.17, 15) is 14.4 Å². The van der Waals surface area contributed by atoms with Crippen molar-refractivity contribution in [1.29, 1.82) is 0 Å². The van der Waals surface area contributed by atoms with Gasteiger partial charge in [0.1, 0.15) is 5.75 Å². The Hall–Kier alpha value is -3.52. The number of hydrogen-bond donors (Lipinski definition) is 0. The van der Waals surface area contributed by atoms with Gasteiger partial charge in [-0.05, 0) is 19.1 Å². The highest BCUT2D eigenvalue weighted by molar-refractivity contribution is 7.16. The number of thiazole rings is 1. The number of carbonyl (C=O) groups is 3. The molecule has 2 heterocycles. The van der Waals surface area contributed by atoms with Gasteiger partial charge in [0.25, 0.3) is 0 Å². The second-order valence-corrected chi connectivity index (χ2v) is 8.62. The molecule has 0 bridgehead atoms. The summed E-state index contributed by atoms with van der Waals surface area (Å²) in [5.41, 5.74) is 2.20. The molecule has 164 valence electrons. The molecule has 8 heteroatoms. The SMILES string of the molecule is COc1cccc(C(=O)COC(=O)C2CC(=O)N(c3nc(-c4ccccc4)c(C)s3)C2)c1. The van der Waals surface area contributed by atoms with Crippen molar-refractivity contribution in [2.45, 2.75) is 13.3 Å². The van der Waals surface area contributed by atoms with E-state index in [1.165, 1.54) is 23.3 Å². The zero-order valence-corrected chi connectivity index (χ0v) is 18.6. The molecule has 1 aliphatic rings. The van der Waals surface area contributed by atoms with Crippen molar-refractivity contribution in [1.82, 2.24) is 4.98 Å². The quantitative estimate of drug-likeness (QED) is 0.401. The first-order chi connectivity index (χ1) is 15.5. The summed E-state index contributed by atoms with van der Waals surface area (Å²) in [6, 6.07) is 16.4. The van der Waals surface area contributed by atoms with Gasteiger partial charge in [-0.15, -0.1) is 11.3 Å². The molecule has 2 aromatic carbocycles. The summed E-state index contributed by atoms with van der Waals surface area (Å²) in [7, 11) is 1.51. The zero-order valence-electron chi connectivity index (χ0n) is 17.7. The lowest BCUT2D eigenvalue weighted by atomic mass is 10.1. The Kier molecular flexibility index (Phi) is 6.32. The summed E-state index contributed by atoms with van der Waals surface area (Å²) in [6.45, 7) is 1.76. The van der Waals surface area contributed by atoms with Crippen LogP contribution in [0.25, 0.3) is 11.3 Å². The molecule has 0 spiro atoms. The maximum atomic E-state index is 12.6. The van der Waals surface area contributed by atoms with Gasteiger partial charge in [-0.2, -0.15) is 0 Å². The molecule has 1 aliphatic heterocycles. The number of ether oxygens (including phenoxy) is 2. The third-order valence-corrected chi connectivity index (χ3v) is 6.25. The lowest BCUT2D eigenvalue weighted by Gasteiger charge is -2.13. The molecule has 0 saturated carbocycles. The Labute approximate surface area is 189 Å². The number of Topliss-reactive ketones (excluding diaryl/α,β-unsaturated/α-hetero) is 1. The highest BCUT2D eigenvalue weighted by atomic mass is 32.1. The molecule has 1 saturated heterocycles. The highest BCUT2D eigenvalue weighted by Gasteiger charge is 2.38. The van der Waals surface area contributed by atoms with Gasteiger partial charge >= 0.3 is 5.97 Å². The summed E-state index contributed by atoms with van der Waals surface area (Å²) in [5.74, 6) is -1.16. The largest absolute Gasteiger partial charge is 0.497 e. The van der Waals surface area contributed by atoms with Crippen molar-refractivity contribution >= 4 is 34.1 Å². The first kappa shape index (κ1) is 21.7. The number of aromatic nitrogens is 1. The Morgan fingerprint density at radius 2 is 1.94 bits per heavy atom. The smallest absolute Gasteiger partial charge is 0.311 e. The molecule has 1 fully saturated rings. The first-order valence-corrected chi connectivity index (χ1v) is 10.9. The van der Waals surface area contributed by atoms with Crippen LogP contribution in [0.4, 0.5) is 5.13 Å². The molecule has 1 unspecified atom stereocenters. The summed E-state index contributed by atoms with van der Waals surface area (Å²) in [6.07, 6.45) is 0.0332. The fraction of sp³-hybridized carbons (Fsp3) is 0.250. The molecule has 32 heavy (non-hydrogen) atoms. The zero-order chi connectivity index (χ0) is 22.7. The first-order valence-electron chi connectivity index (χ1n) is 10.1. The molecule has 0 aliphatic carbocycles. The van der Waals surface area contributed by atoms with E-state index in [0.717, 1.165) is 16.1 Å². The standard InChI is InChI=1S/C24H22N2O5S/c1-15-22(16-7-4-3-5-8-16)25-24(32-15)26-13-18(12-21(26)28)23(29)31-14-20(27)17-9-6-10-19(11-17)30-2/h3-11,18H,12-14H2,1-2H3. The van der Waals surface area contributed by atoms with E-state index in [2.05, 4.69) is 4.98 Å². The van der Waals surface area contributed by atoms with E-state index in [-0.39, 0.29) is 31.3 Å². The molecule has 4 rings (SSSR count). The van der Waals surface area contributed by atoms with Crippen LogP contribution in [0.15, 0.2) is 54.6 Å². The highest BCUT2D eigenvalue weighted by Crippen LogP contribution is 2.35. The second-order valence-electron chi connectivity index (χ2n) is 7.44. The average Bonchev–Trinajstić information content (AvgIpc) is 3.40. The molecule has 3 aromatic rings. The van der Waals surface area contributed by atoms with Gasteiger partial charge in [0, 0.05) is 29.0 Å². The lowest BCUT2D eigenvalue weighted by molar-refractivity contribution is -0.147. The molecular weight excluding hydrogens is 428 g/mol. The van der Waals surface area contributed by atoms with Gasteiger partial charge < -0.3 is 9.47 Å². The summed E-state index contributed by atoms with van der Waals surface area (Å²) < 4.78 is 10.3. The predicted molar refractivity (Wildman–Crippen MR) is 121 cm³/mol. The maximum absolute atomic E-state index is 12.6. The fourth-order valence-corrected chi connectivity index (χ4v) is 4.50. The Morgan fingerprint density at radius 1 is 1.16 bits per heavy atom. The summed E-state index contributed by atoms with van der Waals surface area (Å²) >= 11 is 1.42. The molecule has 1 atom stereocenters. The number of hydrogen-bond acceptors (Lipinski definition) is 7. The van der Waals surface area contributed by atoms with E-state index in [1.807, 2.05) is 37.3 Å². The number of esters is 1. The number of benzene rings is 2. The molecule has 1 aromatic heterocycles. The third-order valence-electron chi connectivity index (χ3n) is 5.26. The van der Waals surface area contributed by atoms with E-state index in [0.29, 0.717) is 16.4 Å². The van der Waals surface area contributed by atoms with Crippen LogP contribution < -0.4 is 9.64 Å². The van der Waals surface area contributed by atoms with E-state index in [1.54, 1.807) is 24.3 Å². The van der Waals surface area contributed by atoms with Crippen molar-refractivity contribution in [3.8, 4) is 17.0 Å². The van der Waals surface area contributed by atoms with E-state index in [4.69, 9.17) is 9.47 Å². The second kappa shape index (κ2) is 9.32. The average molecular weight is 451 g/mol. The third kappa shape index (κ3) is 4.55. The molecule has 0 radical (unpaired) electrons. The van der Waals surface area contributed by atoms with Crippen molar-refractivity contribution in [3.05, 3.63) is 65.0 Å². The molecule has 0 N–H and O–H groups in total. The van der Waals surface area contributed by atoms with Crippen LogP contribution in [0.3, 0.4) is 0 Å². The topological polar surface area (TPSA) is 85.8 Å². The van der Waals surface area contributed by atoms with Gasteiger partial charge in [-0.25, -0.2) is 4.98 Å². The molecule has 1 amide bonds. The number of methoxy groups -OCH3 is 1. The van der Waals surface area contributed by atoms with Crippen molar-refractivity contribution in [2.24, 2.45) is 5.92 Å². The normalized spacial score (nSPS) is 15.6. The van der Waals surface area contributed by atoms with Crippen LogP contribution in [0.5, 0.6) is 5.75 Å². The number of rotatable bonds is 7. The van der Waals surface area contributed by atoms with Crippen molar-refractivity contribution in [2.75, 3.05) is 25.2 Å². The number of carbonyl (C=O) groups excluding carboxylic acids is 3. The Bertz CT molecular complexity index is 1160. The molecule has 7 nitrogen and oxygen atoms in total. The minimum absolute atomic E-state index is 0.0332. The molecular formula is C24H22N2O5S. The minimum atomic E-state index is -0.634. The van der Waals surface area contributed by atoms with Gasteiger partial charge in [0.2, 0.25) is 5.91 Å². The number of anilines is 1. The van der Waals surface area contributed by atoms with Gasteiger partial charge in [0.15, 0.2) is 17.5 Å². The fourth-order valence-electron chi connectivity index (χ4n) is 3.55. The van der Waals surface area contributed by atoms with Crippen LogP contribution in [0, 0.1) is 12.8 Å². The van der Waals surface area contributed by atoms with Gasteiger partial charge in [-0.1, -0.05) is 42.5 Å². The van der Waals surface area contributed by atoms with Crippen LogP contribution in [-0.2, 0) is 14.3 Å². The monoisotopic (exact) mass is 450 g/mol. The lowest BCUT2D eigenvalue weighted by Crippen LogP contribution is -2.27. The van der Waals surface area contributed by atoms with Crippen LogP contribution in [-0.4, -0.2) is 42.9 Å². The van der Waals surface area contributed by atoms with E-state index >= 15 is 0 Å². The number of ketones is 1. The van der Waals surface area contributed by atoms with Crippen LogP contribution in [0.1, 0.15) is 21.7 Å². The minimum Gasteiger partial charge on any atom is -0.497 e. The summed E-state index contributed by atoms with van der Waals surface area (Å²) in [4.78, 5) is 44.6. The van der Waals surface area contributed by atoms with Crippen molar-refractivity contribution in [3.63, 3.8) is 0 Å². The van der Waals surface area contributed by atoms with Crippen LogP contribution in [0.2, 0.25) is 0 Å². The Morgan fingerprint density at radius 3 is 2.69 bits per heavy atom. The number of nitrogens with zero attached hydrogens (tertiary/aromatic N) is 2. The summed E-state index contributed by atoms with van der Waals surface area (Å²) in [5, 5.41) is 0.564. The maximum Gasteiger partial charge on any atom is 0.311 e. The van der Waals surface area contributed by atoms with Gasteiger partial charge in [-0.3, -0.25) is 19.3 Å². The van der Waals surface area contributed by atoms with Crippen LogP contribution >= 0.6 is 11.3 Å². The number of aryl methyl sites for hydroxylation is 1. The van der Waals surface area contributed by atoms with E-state index < -0.39 is 11.9 Å². The predicted octanol–water partition coefficient (Wildman–Crippen LogP) is 3.91. The number of amides is 1. The van der Waals surface area contributed by atoms with Crippen molar-refractivity contribution < 1.29 is 23.9 Å². The van der Waals surface area contributed by atoms with Gasteiger partial charge in [0.05, 0.1) is 18.7 Å². The Balaban J connectivity index is 1.39.